The zero-order chi connectivity index (χ0) is 18.9. The molecule has 1 N–H and O–H groups in total. The summed E-state index contributed by atoms with van der Waals surface area (Å²) in [7, 11) is 1.68. The van der Waals surface area contributed by atoms with Gasteiger partial charge in [-0.2, -0.15) is 0 Å². The van der Waals surface area contributed by atoms with Crippen molar-refractivity contribution in [2.24, 2.45) is 0 Å². The highest BCUT2D eigenvalue weighted by Crippen LogP contribution is 2.26. The molecular weight excluding hydrogens is 326 g/mol. The van der Waals surface area contributed by atoms with Gasteiger partial charge in [0.2, 0.25) is 0 Å². The molecule has 0 aliphatic heterocycles. The number of hydrogen-bond donors (Lipinski definition) is 1. The van der Waals surface area contributed by atoms with Crippen molar-refractivity contribution < 1.29 is 14.3 Å². The fraction of sp³-hybridized carbons (Fsp3) is 0.409. The van der Waals surface area contributed by atoms with E-state index in [0.717, 1.165) is 35.5 Å². The molecule has 1 amide bonds. The molecule has 0 saturated heterocycles. The van der Waals surface area contributed by atoms with Gasteiger partial charge in [0.05, 0.1) is 7.11 Å². The second-order valence-electron chi connectivity index (χ2n) is 6.66. The van der Waals surface area contributed by atoms with E-state index in [1.807, 2.05) is 42.5 Å². The first-order valence-corrected chi connectivity index (χ1v) is 9.18. The average Bonchev–Trinajstić information content (AvgIpc) is 2.65. The number of hydrogen-bond acceptors (Lipinski definition) is 3. The van der Waals surface area contributed by atoms with E-state index in [2.05, 4.69) is 25.2 Å². The minimum absolute atomic E-state index is 0.0939. The summed E-state index contributed by atoms with van der Waals surface area (Å²) < 4.78 is 11.2. The molecule has 4 heteroatoms. The monoisotopic (exact) mass is 355 g/mol. The van der Waals surface area contributed by atoms with Gasteiger partial charge >= 0.3 is 0 Å². The Labute approximate surface area is 156 Å². The molecule has 0 radical (unpaired) electrons. The topological polar surface area (TPSA) is 47.6 Å². The van der Waals surface area contributed by atoms with E-state index in [9.17, 15) is 4.79 Å². The second kappa shape index (κ2) is 9.85. The van der Waals surface area contributed by atoms with Crippen molar-refractivity contribution in [2.45, 2.75) is 45.6 Å². The highest BCUT2D eigenvalue weighted by molar-refractivity contribution is 5.80. The lowest BCUT2D eigenvalue weighted by molar-refractivity contribution is -0.127. The lowest BCUT2D eigenvalue weighted by Gasteiger charge is -2.18. The third-order valence-corrected chi connectivity index (χ3v) is 4.33. The zero-order valence-corrected chi connectivity index (χ0v) is 16.1. The van der Waals surface area contributed by atoms with Crippen molar-refractivity contribution in [1.29, 1.82) is 0 Å². The quantitative estimate of drug-likeness (QED) is 0.681. The molecule has 0 fully saturated rings. The largest absolute Gasteiger partial charge is 0.496 e. The fourth-order valence-electron chi connectivity index (χ4n) is 2.85. The number of amides is 1. The van der Waals surface area contributed by atoms with Crippen LogP contribution >= 0.6 is 0 Å². The molecule has 0 aliphatic carbocycles. The molecule has 0 bridgehead atoms. The summed E-state index contributed by atoms with van der Waals surface area (Å²) in [5.41, 5.74) is 2.27. The van der Waals surface area contributed by atoms with Crippen molar-refractivity contribution >= 4 is 5.91 Å². The Morgan fingerprint density at radius 1 is 1.00 bits per heavy atom. The van der Waals surface area contributed by atoms with Crippen LogP contribution in [0.4, 0.5) is 0 Å². The Bertz CT molecular complexity index is 712. The van der Waals surface area contributed by atoms with Crippen molar-refractivity contribution in [3.05, 3.63) is 59.7 Å². The Hall–Kier alpha value is -2.49. The maximum absolute atomic E-state index is 12.3. The molecule has 26 heavy (non-hydrogen) atoms. The summed E-state index contributed by atoms with van der Waals surface area (Å²) in [5, 5.41) is 2.95. The minimum atomic E-state index is -0.527. The number of carbonyl (C=O) groups excluding carboxylic acids is 1. The number of benzene rings is 2. The summed E-state index contributed by atoms with van der Waals surface area (Å²) in [6, 6.07) is 15.8. The smallest absolute Gasteiger partial charge is 0.260 e. The van der Waals surface area contributed by atoms with E-state index in [-0.39, 0.29) is 5.91 Å². The predicted molar refractivity (Wildman–Crippen MR) is 105 cm³/mol. The normalized spacial score (nSPS) is 11.9. The van der Waals surface area contributed by atoms with E-state index in [0.29, 0.717) is 12.5 Å². The van der Waals surface area contributed by atoms with Crippen LogP contribution in [0.25, 0.3) is 0 Å². The van der Waals surface area contributed by atoms with Gasteiger partial charge in [-0.05, 0) is 48.9 Å². The third-order valence-electron chi connectivity index (χ3n) is 4.33. The number of nitrogens with one attached hydrogen (secondary N) is 1. The van der Waals surface area contributed by atoms with Gasteiger partial charge in [0, 0.05) is 6.54 Å². The fourth-order valence-corrected chi connectivity index (χ4v) is 2.85. The van der Waals surface area contributed by atoms with Gasteiger partial charge in [-0.15, -0.1) is 0 Å². The molecule has 0 aromatic heterocycles. The lowest BCUT2D eigenvalue weighted by atomic mass is 10.0. The lowest BCUT2D eigenvalue weighted by Crippen LogP contribution is -2.37. The molecule has 0 spiro atoms. The molecule has 0 unspecified atom stereocenters. The van der Waals surface area contributed by atoms with E-state index in [1.165, 1.54) is 0 Å². The molecule has 2 aromatic rings. The summed E-state index contributed by atoms with van der Waals surface area (Å²) >= 11 is 0. The minimum Gasteiger partial charge on any atom is -0.496 e. The van der Waals surface area contributed by atoms with Crippen LogP contribution in [0, 0.1) is 0 Å². The van der Waals surface area contributed by atoms with Gasteiger partial charge in [-0.1, -0.05) is 50.2 Å². The van der Waals surface area contributed by atoms with Gasteiger partial charge in [-0.25, -0.2) is 0 Å². The van der Waals surface area contributed by atoms with Gasteiger partial charge < -0.3 is 14.8 Å². The average molecular weight is 355 g/mol. The Morgan fingerprint density at radius 2 is 1.65 bits per heavy atom. The molecule has 4 nitrogen and oxygen atoms in total. The van der Waals surface area contributed by atoms with E-state index >= 15 is 0 Å². The van der Waals surface area contributed by atoms with E-state index in [1.54, 1.807) is 14.0 Å². The van der Waals surface area contributed by atoms with E-state index in [4.69, 9.17) is 9.47 Å². The van der Waals surface area contributed by atoms with Crippen LogP contribution in [-0.2, 0) is 11.2 Å². The first kappa shape index (κ1) is 19.8. The third kappa shape index (κ3) is 5.51. The molecule has 2 rings (SSSR count). The summed E-state index contributed by atoms with van der Waals surface area (Å²) in [6.07, 6.45) is 1.18. The molecule has 2 aromatic carbocycles. The van der Waals surface area contributed by atoms with Crippen molar-refractivity contribution in [3.8, 4) is 11.5 Å². The molecule has 1 atom stereocenters. The van der Waals surface area contributed by atoms with Gasteiger partial charge in [-0.3, -0.25) is 4.79 Å². The first-order valence-electron chi connectivity index (χ1n) is 9.18. The SMILES string of the molecule is COc1ccccc1CCCNC(=O)[C@@H](C)Oc1ccccc1C(C)C. The Morgan fingerprint density at radius 3 is 2.35 bits per heavy atom. The number of para-hydroxylation sites is 2. The summed E-state index contributed by atoms with van der Waals surface area (Å²) in [6.45, 7) is 6.62. The van der Waals surface area contributed by atoms with Gasteiger partial charge in [0.1, 0.15) is 11.5 Å². The molecular formula is C22H29NO3. The molecule has 0 heterocycles. The van der Waals surface area contributed by atoms with Gasteiger partial charge in [0.25, 0.3) is 5.91 Å². The highest BCUT2D eigenvalue weighted by atomic mass is 16.5. The summed E-state index contributed by atoms with van der Waals surface area (Å²) in [5.74, 6) is 1.92. The second-order valence-corrected chi connectivity index (χ2v) is 6.66. The van der Waals surface area contributed by atoms with Crippen LogP contribution in [0.2, 0.25) is 0 Å². The predicted octanol–water partition coefficient (Wildman–Crippen LogP) is 4.33. The Balaban J connectivity index is 1.81. The molecule has 0 saturated carbocycles. The standard InChI is InChI=1S/C22H29NO3/c1-16(2)19-12-6-8-14-21(19)26-17(3)22(24)23-15-9-11-18-10-5-7-13-20(18)25-4/h5-8,10,12-14,16-17H,9,11,15H2,1-4H3,(H,23,24)/t17-/m1/s1. The molecule has 0 aliphatic rings. The van der Waals surface area contributed by atoms with Crippen LogP contribution in [0.15, 0.2) is 48.5 Å². The summed E-state index contributed by atoms with van der Waals surface area (Å²) in [4.78, 5) is 12.3. The van der Waals surface area contributed by atoms with Gasteiger partial charge in [0.15, 0.2) is 6.10 Å². The Kier molecular flexibility index (Phi) is 7.52. The maximum atomic E-state index is 12.3. The van der Waals surface area contributed by atoms with Crippen molar-refractivity contribution in [3.63, 3.8) is 0 Å². The number of ether oxygens (including phenoxy) is 2. The van der Waals surface area contributed by atoms with E-state index < -0.39 is 6.10 Å². The number of carbonyl (C=O) groups is 1. The van der Waals surface area contributed by atoms with Crippen LogP contribution in [0.5, 0.6) is 11.5 Å². The van der Waals surface area contributed by atoms with Crippen molar-refractivity contribution in [1.82, 2.24) is 5.32 Å². The van der Waals surface area contributed by atoms with Crippen LogP contribution in [0.1, 0.15) is 44.2 Å². The first-order chi connectivity index (χ1) is 12.5. The van der Waals surface area contributed by atoms with Crippen LogP contribution in [-0.4, -0.2) is 25.7 Å². The maximum Gasteiger partial charge on any atom is 0.260 e. The number of methoxy groups -OCH3 is 1. The number of aryl methyl sites for hydroxylation is 1. The van der Waals surface area contributed by atoms with Crippen LogP contribution < -0.4 is 14.8 Å². The highest BCUT2D eigenvalue weighted by Gasteiger charge is 2.16. The number of rotatable bonds is 9. The van der Waals surface area contributed by atoms with Crippen LogP contribution in [0.3, 0.4) is 0 Å². The van der Waals surface area contributed by atoms with Crippen molar-refractivity contribution in [2.75, 3.05) is 13.7 Å². The zero-order valence-electron chi connectivity index (χ0n) is 16.1. The molecule has 140 valence electrons.